The number of anilines is 1. The summed E-state index contributed by atoms with van der Waals surface area (Å²) in [5, 5.41) is 4.50. The third-order valence-electron chi connectivity index (χ3n) is 5.14. The number of ether oxygens (including phenoxy) is 2. The van der Waals surface area contributed by atoms with E-state index >= 15 is 0 Å². The summed E-state index contributed by atoms with van der Waals surface area (Å²) >= 11 is 0. The van der Waals surface area contributed by atoms with Crippen molar-refractivity contribution >= 4 is 40.4 Å². The molecule has 0 atom stereocenters. The summed E-state index contributed by atoms with van der Waals surface area (Å²) in [6.07, 6.45) is 3.01. The van der Waals surface area contributed by atoms with E-state index in [2.05, 4.69) is 15.0 Å². The van der Waals surface area contributed by atoms with Crippen LogP contribution >= 0.6 is 0 Å². The summed E-state index contributed by atoms with van der Waals surface area (Å²) in [6, 6.07) is 15.5. The molecule has 0 saturated heterocycles. The van der Waals surface area contributed by atoms with Crippen LogP contribution in [0.1, 0.15) is 11.3 Å². The molecular formula is C24H22N4O4. The van der Waals surface area contributed by atoms with Crippen LogP contribution in [-0.4, -0.2) is 48.4 Å². The van der Waals surface area contributed by atoms with Gasteiger partial charge in [0.05, 0.1) is 25.6 Å². The first-order chi connectivity index (χ1) is 15.5. The Kier molecular flexibility index (Phi) is 5.85. The number of carbonyl (C=O) groups excluding carboxylic acids is 2. The first-order valence-electron chi connectivity index (χ1n) is 9.94. The van der Waals surface area contributed by atoms with E-state index in [1.807, 2.05) is 60.0 Å². The SMILES string of the molecule is COC(=O)CN=Cc1c(-c2ccccc2C)nc2c3cc(NC(=O)OC)ccc3ccn12. The molecule has 0 saturated carbocycles. The molecule has 32 heavy (non-hydrogen) atoms. The maximum absolute atomic E-state index is 11.7. The number of amides is 1. The highest BCUT2D eigenvalue weighted by atomic mass is 16.5. The number of nitrogens with zero attached hydrogens (tertiary/aromatic N) is 3. The highest BCUT2D eigenvalue weighted by molar-refractivity contribution is 6.01. The Balaban J connectivity index is 1.93. The first-order valence-corrected chi connectivity index (χ1v) is 9.94. The molecule has 1 N–H and O–H groups in total. The summed E-state index contributed by atoms with van der Waals surface area (Å²) in [6.45, 7) is 1.93. The zero-order chi connectivity index (χ0) is 22.7. The predicted octanol–water partition coefficient (Wildman–Crippen LogP) is 4.23. The minimum atomic E-state index is -0.545. The molecule has 0 bridgehead atoms. The van der Waals surface area contributed by atoms with Gasteiger partial charge in [-0.25, -0.2) is 9.78 Å². The number of methoxy groups -OCH3 is 2. The zero-order valence-corrected chi connectivity index (χ0v) is 18.0. The lowest BCUT2D eigenvalue weighted by Gasteiger charge is -2.07. The van der Waals surface area contributed by atoms with Crippen LogP contribution in [0.2, 0.25) is 0 Å². The highest BCUT2D eigenvalue weighted by Crippen LogP contribution is 2.30. The molecule has 0 unspecified atom stereocenters. The zero-order valence-electron chi connectivity index (χ0n) is 18.0. The molecule has 8 nitrogen and oxygen atoms in total. The second-order valence-corrected chi connectivity index (χ2v) is 7.13. The van der Waals surface area contributed by atoms with E-state index in [1.54, 1.807) is 12.3 Å². The molecule has 0 aliphatic heterocycles. The molecule has 2 aromatic heterocycles. The molecule has 0 radical (unpaired) electrons. The van der Waals surface area contributed by atoms with Gasteiger partial charge < -0.3 is 9.47 Å². The van der Waals surface area contributed by atoms with Crippen LogP contribution in [0.5, 0.6) is 0 Å². The third-order valence-corrected chi connectivity index (χ3v) is 5.14. The number of aromatic nitrogens is 2. The van der Waals surface area contributed by atoms with E-state index in [0.29, 0.717) is 11.3 Å². The van der Waals surface area contributed by atoms with Gasteiger partial charge in [0.15, 0.2) is 0 Å². The minimum Gasteiger partial charge on any atom is -0.468 e. The standard InChI is InChI=1S/C24H22N4O4/c1-15-6-4-5-7-18(15)22-20(13-25-14-21(29)31-2)28-11-10-16-8-9-17(26-24(30)32-3)12-19(16)23(28)27-22/h4-13H,14H2,1-3H3,(H,26,30). The monoisotopic (exact) mass is 430 g/mol. The van der Waals surface area contributed by atoms with Gasteiger partial charge in [0.25, 0.3) is 0 Å². The molecule has 0 aliphatic carbocycles. The number of imidazole rings is 1. The molecule has 0 aliphatic rings. The third kappa shape index (κ3) is 4.02. The molecular weight excluding hydrogens is 408 g/mol. The molecule has 0 spiro atoms. The molecule has 4 aromatic rings. The number of nitrogens with one attached hydrogen (secondary N) is 1. The smallest absolute Gasteiger partial charge is 0.411 e. The number of hydrogen-bond donors (Lipinski definition) is 1. The number of aliphatic imine (C=N–C) groups is 1. The van der Waals surface area contributed by atoms with Gasteiger partial charge >= 0.3 is 12.1 Å². The molecule has 2 aromatic carbocycles. The second kappa shape index (κ2) is 8.89. The molecule has 8 heteroatoms. The maximum Gasteiger partial charge on any atom is 0.411 e. The predicted molar refractivity (Wildman–Crippen MR) is 123 cm³/mol. The Labute approximate surface area is 184 Å². The van der Waals surface area contributed by atoms with Crippen molar-refractivity contribution in [3.05, 3.63) is 66.0 Å². The first kappa shape index (κ1) is 21.0. The average Bonchev–Trinajstić information content (AvgIpc) is 3.18. The molecule has 0 fully saturated rings. The minimum absolute atomic E-state index is 0.0856. The van der Waals surface area contributed by atoms with Crippen molar-refractivity contribution in [1.82, 2.24) is 9.38 Å². The summed E-state index contributed by atoms with van der Waals surface area (Å²) in [5.41, 5.74) is 4.82. The Morgan fingerprint density at radius 3 is 2.69 bits per heavy atom. The van der Waals surface area contributed by atoms with Crippen molar-refractivity contribution in [2.24, 2.45) is 4.99 Å². The number of hydrogen-bond acceptors (Lipinski definition) is 6. The van der Waals surface area contributed by atoms with Crippen LogP contribution in [0, 0.1) is 6.92 Å². The Morgan fingerprint density at radius 1 is 1.12 bits per heavy atom. The fourth-order valence-electron chi connectivity index (χ4n) is 3.51. The average molecular weight is 430 g/mol. The molecule has 2 heterocycles. The van der Waals surface area contributed by atoms with Gasteiger partial charge in [0, 0.05) is 29.0 Å². The van der Waals surface area contributed by atoms with Gasteiger partial charge in [-0.1, -0.05) is 30.3 Å². The molecule has 1 amide bonds. The van der Waals surface area contributed by atoms with E-state index in [0.717, 1.165) is 33.3 Å². The Bertz CT molecular complexity index is 1360. The van der Waals surface area contributed by atoms with Gasteiger partial charge in [0.1, 0.15) is 12.2 Å². The largest absolute Gasteiger partial charge is 0.468 e. The topological polar surface area (TPSA) is 94.3 Å². The quantitative estimate of drug-likeness (QED) is 0.378. The number of fused-ring (bicyclic) bond motifs is 3. The number of rotatable bonds is 5. The van der Waals surface area contributed by atoms with Crippen LogP contribution in [0.15, 0.2) is 59.7 Å². The number of pyridine rings is 1. The normalized spacial score (nSPS) is 11.2. The van der Waals surface area contributed by atoms with Crippen molar-refractivity contribution < 1.29 is 19.1 Å². The number of aryl methyl sites for hydroxylation is 1. The van der Waals surface area contributed by atoms with Gasteiger partial charge in [-0.2, -0.15) is 0 Å². The Morgan fingerprint density at radius 2 is 1.94 bits per heavy atom. The van der Waals surface area contributed by atoms with Crippen LogP contribution < -0.4 is 5.32 Å². The van der Waals surface area contributed by atoms with Crippen molar-refractivity contribution in [3.8, 4) is 11.3 Å². The number of benzene rings is 2. The molecule has 4 rings (SSSR count). The van der Waals surface area contributed by atoms with Gasteiger partial charge in [-0.15, -0.1) is 0 Å². The maximum atomic E-state index is 11.7. The lowest BCUT2D eigenvalue weighted by atomic mass is 10.0. The lowest BCUT2D eigenvalue weighted by molar-refractivity contribution is -0.138. The van der Waals surface area contributed by atoms with E-state index in [9.17, 15) is 9.59 Å². The number of esters is 1. The van der Waals surface area contributed by atoms with Crippen LogP contribution in [0.4, 0.5) is 10.5 Å². The van der Waals surface area contributed by atoms with Gasteiger partial charge in [-0.3, -0.25) is 19.5 Å². The fraction of sp³-hybridized carbons (Fsp3) is 0.167. The van der Waals surface area contributed by atoms with Gasteiger partial charge in [-0.05, 0) is 36.1 Å². The van der Waals surface area contributed by atoms with Crippen LogP contribution in [0.25, 0.3) is 27.7 Å². The lowest BCUT2D eigenvalue weighted by Crippen LogP contribution is -2.10. The van der Waals surface area contributed by atoms with E-state index in [1.165, 1.54) is 14.2 Å². The van der Waals surface area contributed by atoms with E-state index in [-0.39, 0.29) is 6.54 Å². The van der Waals surface area contributed by atoms with Crippen molar-refractivity contribution in [3.63, 3.8) is 0 Å². The second-order valence-electron chi connectivity index (χ2n) is 7.13. The Hall–Kier alpha value is -4.20. The molecule has 162 valence electrons. The fourth-order valence-corrected chi connectivity index (χ4v) is 3.51. The van der Waals surface area contributed by atoms with Crippen LogP contribution in [0.3, 0.4) is 0 Å². The summed E-state index contributed by atoms with van der Waals surface area (Å²) in [5.74, 6) is -0.420. The summed E-state index contributed by atoms with van der Waals surface area (Å²) in [7, 11) is 2.65. The van der Waals surface area contributed by atoms with Gasteiger partial charge in [0.2, 0.25) is 0 Å². The van der Waals surface area contributed by atoms with E-state index < -0.39 is 12.1 Å². The summed E-state index contributed by atoms with van der Waals surface area (Å²) in [4.78, 5) is 32.4. The van der Waals surface area contributed by atoms with Crippen LogP contribution in [-0.2, 0) is 14.3 Å². The van der Waals surface area contributed by atoms with Crippen molar-refractivity contribution in [2.75, 3.05) is 26.1 Å². The summed E-state index contributed by atoms with van der Waals surface area (Å²) < 4.78 is 11.3. The van der Waals surface area contributed by atoms with E-state index in [4.69, 9.17) is 9.72 Å². The highest BCUT2D eigenvalue weighted by Gasteiger charge is 2.16. The van der Waals surface area contributed by atoms with Crippen molar-refractivity contribution in [1.29, 1.82) is 0 Å². The van der Waals surface area contributed by atoms with Crippen molar-refractivity contribution in [2.45, 2.75) is 6.92 Å². The number of carbonyl (C=O) groups is 2.